The summed E-state index contributed by atoms with van der Waals surface area (Å²) in [5, 5.41) is 6.62. The highest BCUT2D eigenvalue weighted by Gasteiger charge is 2.14. The first-order valence-corrected chi connectivity index (χ1v) is 4.07. The zero-order valence-corrected chi connectivity index (χ0v) is 7.09. The molecule has 0 amide bonds. The molecule has 1 aliphatic rings. The van der Waals surface area contributed by atoms with Gasteiger partial charge in [-0.05, 0) is 20.3 Å². The van der Waals surface area contributed by atoms with Crippen LogP contribution in [0.1, 0.15) is 33.6 Å². The van der Waals surface area contributed by atoms with Gasteiger partial charge in [-0.15, -0.1) is 0 Å². The van der Waals surface area contributed by atoms with Crippen LogP contribution in [0.3, 0.4) is 0 Å². The van der Waals surface area contributed by atoms with E-state index in [1.165, 1.54) is 12.1 Å². The minimum Gasteiger partial charge on any atom is -0.294 e. The quantitative estimate of drug-likeness (QED) is 0.571. The molecule has 0 fully saturated rings. The summed E-state index contributed by atoms with van der Waals surface area (Å²) < 4.78 is 0. The Hall–Kier alpha value is -0.530. The molecule has 0 aromatic heterocycles. The largest absolute Gasteiger partial charge is 0.294 e. The molecule has 2 nitrogen and oxygen atoms in total. The van der Waals surface area contributed by atoms with E-state index in [1.54, 1.807) is 0 Å². The van der Waals surface area contributed by atoms with Gasteiger partial charge in [0.15, 0.2) is 0 Å². The minimum atomic E-state index is 0.573. The van der Waals surface area contributed by atoms with Gasteiger partial charge in [0.05, 0.1) is 0 Å². The Morgan fingerprint density at radius 3 is 2.60 bits per heavy atom. The molecule has 0 radical (unpaired) electrons. The fourth-order valence-corrected chi connectivity index (χ4v) is 1.15. The Bertz CT molecular complexity index is 138. The second-order valence-corrected chi connectivity index (χ2v) is 3.03. The number of hydrogen-bond acceptors (Lipinski definition) is 2. The molecule has 0 saturated heterocycles. The third-order valence-electron chi connectivity index (χ3n) is 1.90. The molecular weight excluding hydrogens is 124 g/mol. The molecule has 10 heavy (non-hydrogen) atoms. The van der Waals surface area contributed by atoms with Gasteiger partial charge in [0.25, 0.3) is 0 Å². The number of hydrazone groups is 1. The molecule has 0 bridgehead atoms. The van der Waals surface area contributed by atoms with Crippen molar-refractivity contribution in [2.75, 3.05) is 6.54 Å². The maximum atomic E-state index is 4.46. The first-order chi connectivity index (χ1) is 4.74. The van der Waals surface area contributed by atoms with Crippen molar-refractivity contribution in [3.63, 3.8) is 0 Å². The Kier molecular flexibility index (Phi) is 2.30. The van der Waals surface area contributed by atoms with E-state index in [2.05, 4.69) is 30.9 Å². The van der Waals surface area contributed by atoms with Gasteiger partial charge in [0.2, 0.25) is 0 Å². The zero-order valence-electron chi connectivity index (χ0n) is 7.09. The second-order valence-electron chi connectivity index (χ2n) is 3.03. The van der Waals surface area contributed by atoms with Crippen molar-refractivity contribution < 1.29 is 0 Å². The Morgan fingerprint density at radius 2 is 2.30 bits per heavy atom. The van der Waals surface area contributed by atoms with Crippen LogP contribution in [0.25, 0.3) is 0 Å². The predicted octanol–water partition coefficient (Wildman–Crippen LogP) is 1.87. The van der Waals surface area contributed by atoms with Crippen LogP contribution in [0.15, 0.2) is 5.10 Å². The fraction of sp³-hybridized carbons (Fsp3) is 0.875. The molecule has 0 aromatic rings. The lowest BCUT2D eigenvalue weighted by atomic mass is 10.2. The number of rotatable bonds is 2. The van der Waals surface area contributed by atoms with Crippen molar-refractivity contribution in [1.82, 2.24) is 5.01 Å². The Balaban J connectivity index is 2.47. The van der Waals surface area contributed by atoms with E-state index in [-0.39, 0.29) is 0 Å². The molecule has 0 saturated carbocycles. The van der Waals surface area contributed by atoms with Crippen LogP contribution in [-0.4, -0.2) is 23.3 Å². The van der Waals surface area contributed by atoms with Gasteiger partial charge in [-0.25, -0.2) is 0 Å². The molecule has 0 atom stereocenters. The van der Waals surface area contributed by atoms with E-state index in [4.69, 9.17) is 0 Å². The van der Waals surface area contributed by atoms with E-state index < -0.39 is 0 Å². The topological polar surface area (TPSA) is 15.6 Å². The van der Waals surface area contributed by atoms with Crippen molar-refractivity contribution >= 4 is 5.71 Å². The summed E-state index contributed by atoms with van der Waals surface area (Å²) in [4.78, 5) is 0. The first-order valence-electron chi connectivity index (χ1n) is 4.07. The van der Waals surface area contributed by atoms with Crippen molar-refractivity contribution in [3.8, 4) is 0 Å². The molecule has 1 rings (SSSR count). The first kappa shape index (κ1) is 7.58. The molecule has 2 heteroatoms. The van der Waals surface area contributed by atoms with Crippen molar-refractivity contribution in [2.45, 2.75) is 39.7 Å². The van der Waals surface area contributed by atoms with Crippen LogP contribution in [-0.2, 0) is 0 Å². The number of nitrogens with zero attached hydrogens (tertiary/aromatic N) is 2. The maximum absolute atomic E-state index is 4.46. The normalized spacial score (nSPS) is 18.4. The monoisotopic (exact) mass is 140 g/mol. The lowest BCUT2D eigenvalue weighted by Gasteiger charge is -2.17. The zero-order chi connectivity index (χ0) is 7.56. The van der Waals surface area contributed by atoms with E-state index >= 15 is 0 Å². The standard InChI is InChI=1S/C8H16N2/c1-4-8-5-6-10(9-8)7(2)3/h7H,4-6H2,1-3H3. The number of hydrogen-bond donors (Lipinski definition) is 0. The van der Waals surface area contributed by atoms with Crippen LogP contribution >= 0.6 is 0 Å². The fourth-order valence-electron chi connectivity index (χ4n) is 1.15. The maximum Gasteiger partial charge on any atom is 0.0416 e. The van der Waals surface area contributed by atoms with Gasteiger partial charge in [0.1, 0.15) is 0 Å². The van der Waals surface area contributed by atoms with Gasteiger partial charge in [-0.1, -0.05) is 6.92 Å². The van der Waals surface area contributed by atoms with Gasteiger partial charge < -0.3 is 0 Å². The molecule has 1 aliphatic heterocycles. The lowest BCUT2D eigenvalue weighted by Crippen LogP contribution is -2.22. The van der Waals surface area contributed by atoms with E-state index in [9.17, 15) is 0 Å². The highest BCUT2D eigenvalue weighted by molar-refractivity contribution is 5.85. The molecule has 0 spiro atoms. The summed E-state index contributed by atoms with van der Waals surface area (Å²) >= 11 is 0. The summed E-state index contributed by atoms with van der Waals surface area (Å²) in [7, 11) is 0. The van der Waals surface area contributed by atoms with Crippen molar-refractivity contribution in [1.29, 1.82) is 0 Å². The Labute approximate surface area is 62.9 Å². The average molecular weight is 140 g/mol. The van der Waals surface area contributed by atoms with E-state index in [0.29, 0.717) is 6.04 Å². The summed E-state index contributed by atoms with van der Waals surface area (Å²) in [6.45, 7) is 7.66. The van der Waals surface area contributed by atoms with Crippen LogP contribution in [0.2, 0.25) is 0 Å². The van der Waals surface area contributed by atoms with Gasteiger partial charge in [-0.2, -0.15) is 5.10 Å². The molecule has 58 valence electrons. The van der Waals surface area contributed by atoms with E-state index in [0.717, 1.165) is 13.0 Å². The summed E-state index contributed by atoms with van der Waals surface area (Å²) in [5.74, 6) is 0. The third kappa shape index (κ3) is 1.49. The van der Waals surface area contributed by atoms with Gasteiger partial charge in [-0.3, -0.25) is 5.01 Å². The summed E-state index contributed by atoms with van der Waals surface area (Å²) in [5.41, 5.74) is 1.36. The average Bonchev–Trinajstić information content (AvgIpc) is 2.34. The van der Waals surface area contributed by atoms with Gasteiger partial charge in [0, 0.05) is 24.7 Å². The minimum absolute atomic E-state index is 0.573. The van der Waals surface area contributed by atoms with Crippen molar-refractivity contribution in [2.24, 2.45) is 5.10 Å². The van der Waals surface area contributed by atoms with Crippen molar-refractivity contribution in [3.05, 3.63) is 0 Å². The van der Waals surface area contributed by atoms with Crippen LogP contribution in [0.5, 0.6) is 0 Å². The summed E-state index contributed by atoms with van der Waals surface area (Å²) in [6.07, 6.45) is 2.29. The highest BCUT2D eigenvalue weighted by atomic mass is 15.5. The van der Waals surface area contributed by atoms with Crippen LogP contribution in [0, 0.1) is 0 Å². The van der Waals surface area contributed by atoms with Crippen LogP contribution < -0.4 is 0 Å². The smallest absolute Gasteiger partial charge is 0.0416 e. The molecule has 0 N–H and O–H groups in total. The van der Waals surface area contributed by atoms with E-state index in [1.807, 2.05) is 0 Å². The predicted molar refractivity (Wildman–Crippen MR) is 44.2 cm³/mol. The van der Waals surface area contributed by atoms with Crippen LogP contribution in [0.4, 0.5) is 0 Å². The molecular formula is C8H16N2. The molecule has 1 heterocycles. The SMILES string of the molecule is CCC1=NN(C(C)C)CC1. The Morgan fingerprint density at radius 1 is 1.60 bits per heavy atom. The summed E-state index contributed by atoms with van der Waals surface area (Å²) in [6, 6.07) is 0.573. The molecule has 0 unspecified atom stereocenters. The molecule has 0 aromatic carbocycles. The third-order valence-corrected chi connectivity index (χ3v) is 1.90. The lowest BCUT2D eigenvalue weighted by molar-refractivity contribution is 0.257. The molecule has 0 aliphatic carbocycles. The van der Waals surface area contributed by atoms with Gasteiger partial charge >= 0.3 is 0 Å². The highest BCUT2D eigenvalue weighted by Crippen LogP contribution is 2.11. The second kappa shape index (κ2) is 3.04.